The van der Waals surface area contributed by atoms with E-state index >= 15 is 0 Å². The number of hydrogen-bond donors (Lipinski definition) is 0. The van der Waals surface area contributed by atoms with Gasteiger partial charge < -0.3 is 0 Å². The molecule has 0 aromatic heterocycles. The lowest BCUT2D eigenvalue weighted by molar-refractivity contribution is 0.158. The summed E-state index contributed by atoms with van der Waals surface area (Å²) in [5, 5.41) is 0. The second kappa shape index (κ2) is 6.90. The van der Waals surface area contributed by atoms with E-state index in [9.17, 15) is 0 Å². The van der Waals surface area contributed by atoms with Gasteiger partial charge in [-0.3, -0.25) is 4.90 Å². The van der Waals surface area contributed by atoms with Gasteiger partial charge in [0.15, 0.2) is 0 Å². The van der Waals surface area contributed by atoms with Crippen LogP contribution in [0.5, 0.6) is 0 Å². The van der Waals surface area contributed by atoms with Crippen molar-refractivity contribution in [2.45, 2.75) is 58.4 Å². The van der Waals surface area contributed by atoms with Crippen LogP contribution in [0.3, 0.4) is 0 Å². The zero-order chi connectivity index (χ0) is 13.8. The maximum atomic E-state index is 3.76. The Hall–Kier alpha value is -0.340. The number of benzene rings is 1. The Kier molecular flexibility index (Phi) is 5.47. The maximum absolute atomic E-state index is 3.76. The minimum Gasteiger partial charge on any atom is -0.300 e. The Balaban J connectivity index is 2.24. The predicted molar refractivity (Wildman–Crippen MR) is 86.8 cm³/mol. The van der Waals surface area contributed by atoms with Crippen molar-refractivity contribution in [3.8, 4) is 0 Å². The van der Waals surface area contributed by atoms with Crippen LogP contribution in [0.1, 0.15) is 57.1 Å². The lowest BCUT2D eigenvalue weighted by Gasteiger charge is -2.40. The van der Waals surface area contributed by atoms with Crippen LogP contribution in [-0.4, -0.2) is 24.0 Å². The van der Waals surface area contributed by atoms with E-state index in [1.54, 1.807) is 11.1 Å². The zero-order valence-electron chi connectivity index (χ0n) is 12.5. The van der Waals surface area contributed by atoms with Crippen molar-refractivity contribution < 1.29 is 0 Å². The molecule has 0 heterocycles. The Morgan fingerprint density at radius 1 is 1.21 bits per heavy atom. The summed E-state index contributed by atoms with van der Waals surface area (Å²) in [6, 6.07) is 7.38. The second-order valence-corrected chi connectivity index (χ2v) is 6.60. The summed E-state index contributed by atoms with van der Waals surface area (Å²) < 4.78 is 1.30. The zero-order valence-corrected chi connectivity index (χ0v) is 14.0. The molecule has 1 aromatic carbocycles. The molecular weight excluding hydrogens is 298 g/mol. The molecule has 2 rings (SSSR count). The largest absolute Gasteiger partial charge is 0.300 e. The van der Waals surface area contributed by atoms with E-state index in [1.807, 2.05) is 0 Å². The van der Waals surface area contributed by atoms with Crippen LogP contribution in [0.25, 0.3) is 0 Å². The molecule has 1 nitrogen and oxygen atoms in total. The third-order valence-electron chi connectivity index (χ3n) is 4.38. The molecule has 1 aliphatic carbocycles. The number of halogens is 1. The summed E-state index contributed by atoms with van der Waals surface area (Å²) in [6.45, 7) is 9.47. The number of nitrogens with zero attached hydrogens (tertiary/aromatic N) is 1. The molecule has 106 valence electrons. The van der Waals surface area contributed by atoms with Crippen molar-refractivity contribution in [1.29, 1.82) is 0 Å². The second-order valence-electron chi connectivity index (χ2n) is 5.74. The fourth-order valence-corrected chi connectivity index (χ4v) is 4.34. The minimum atomic E-state index is 0.637. The summed E-state index contributed by atoms with van der Waals surface area (Å²) in [5.74, 6) is 0.637. The molecule has 0 radical (unpaired) electrons. The summed E-state index contributed by atoms with van der Waals surface area (Å²) in [4.78, 5) is 2.72. The third-order valence-corrected chi connectivity index (χ3v) is 5.07. The summed E-state index contributed by atoms with van der Waals surface area (Å²) >= 11 is 3.76. The van der Waals surface area contributed by atoms with E-state index in [1.165, 1.54) is 43.2 Å². The van der Waals surface area contributed by atoms with E-state index in [-0.39, 0.29) is 0 Å². The SMILES string of the molecule is CCCN(CCC)[C@H]1CCc2cccc(Br)c2[C@H]1C. The van der Waals surface area contributed by atoms with Gasteiger partial charge >= 0.3 is 0 Å². The molecule has 1 aliphatic rings. The molecule has 0 aliphatic heterocycles. The molecule has 0 saturated carbocycles. The highest BCUT2D eigenvalue weighted by molar-refractivity contribution is 9.10. The van der Waals surface area contributed by atoms with Gasteiger partial charge in [0.1, 0.15) is 0 Å². The van der Waals surface area contributed by atoms with Crippen LogP contribution >= 0.6 is 15.9 Å². The molecule has 1 aromatic rings. The first-order valence-corrected chi connectivity index (χ1v) is 8.49. The molecule has 0 N–H and O–H groups in total. The smallest absolute Gasteiger partial charge is 0.0213 e. The maximum Gasteiger partial charge on any atom is 0.0213 e. The molecule has 19 heavy (non-hydrogen) atoms. The van der Waals surface area contributed by atoms with Crippen LogP contribution in [0.15, 0.2) is 22.7 Å². The lowest BCUT2D eigenvalue weighted by atomic mass is 9.79. The van der Waals surface area contributed by atoms with E-state index in [4.69, 9.17) is 0 Å². The number of hydrogen-bond acceptors (Lipinski definition) is 1. The van der Waals surface area contributed by atoms with Gasteiger partial charge in [0.25, 0.3) is 0 Å². The first-order chi connectivity index (χ1) is 9.19. The van der Waals surface area contributed by atoms with Crippen molar-refractivity contribution >= 4 is 15.9 Å². The molecule has 2 atom stereocenters. The molecule has 0 fully saturated rings. The number of aryl methyl sites for hydroxylation is 1. The van der Waals surface area contributed by atoms with Crippen LogP contribution < -0.4 is 0 Å². The Morgan fingerprint density at radius 3 is 2.53 bits per heavy atom. The van der Waals surface area contributed by atoms with Crippen LogP contribution in [-0.2, 0) is 6.42 Å². The number of fused-ring (bicyclic) bond motifs is 1. The van der Waals surface area contributed by atoms with E-state index in [2.05, 4.69) is 59.8 Å². The van der Waals surface area contributed by atoms with Gasteiger partial charge in [0.05, 0.1) is 0 Å². The van der Waals surface area contributed by atoms with Gasteiger partial charge in [-0.15, -0.1) is 0 Å². The molecular formula is C17H26BrN. The lowest BCUT2D eigenvalue weighted by Crippen LogP contribution is -2.42. The Morgan fingerprint density at radius 2 is 1.89 bits per heavy atom. The Bertz CT molecular complexity index is 410. The molecule has 0 amide bonds. The highest BCUT2D eigenvalue weighted by Gasteiger charge is 2.31. The third kappa shape index (κ3) is 3.22. The minimum absolute atomic E-state index is 0.637. The molecule has 2 heteroatoms. The van der Waals surface area contributed by atoms with Crippen molar-refractivity contribution in [1.82, 2.24) is 4.90 Å². The van der Waals surface area contributed by atoms with Gasteiger partial charge in [-0.2, -0.15) is 0 Å². The van der Waals surface area contributed by atoms with Crippen molar-refractivity contribution in [2.75, 3.05) is 13.1 Å². The predicted octanol–water partition coefficient (Wildman–Crippen LogP) is 4.99. The van der Waals surface area contributed by atoms with E-state index in [0.29, 0.717) is 12.0 Å². The van der Waals surface area contributed by atoms with E-state index in [0.717, 1.165) is 0 Å². The van der Waals surface area contributed by atoms with Crippen molar-refractivity contribution in [3.63, 3.8) is 0 Å². The van der Waals surface area contributed by atoms with Gasteiger partial charge in [0, 0.05) is 10.5 Å². The van der Waals surface area contributed by atoms with Crippen molar-refractivity contribution in [2.24, 2.45) is 0 Å². The van der Waals surface area contributed by atoms with Crippen molar-refractivity contribution in [3.05, 3.63) is 33.8 Å². The summed E-state index contributed by atoms with van der Waals surface area (Å²) in [7, 11) is 0. The molecule has 0 spiro atoms. The highest BCUT2D eigenvalue weighted by atomic mass is 79.9. The van der Waals surface area contributed by atoms with Gasteiger partial charge in [0.2, 0.25) is 0 Å². The highest BCUT2D eigenvalue weighted by Crippen LogP contribution is 2.38. The summed E-state index contributed by atoms with van der Waals surface area (Å²) in [6.07, 6.45) is 5.05. The molecule has 0 unspecified atom stereocenters. The average Bonchev–Trinajstić information content (AvgIpc) is 2.39. The number of rotatable bonds is 5. The first kappa shape index (κ1) is 15.1. The van der Waals surface area contributed by atoms with Crippen LogP contribution in [0, 0.1) is 0 Å². The van der Waals surface area contributed by atoms with Crippen LogP contribution in [0.2, 0.25) is 0 Å². The monoisotopic (exact) mass is 323 g/mol. The van der Waals surface area contributed by atoms with Gasteiger partial charge in [-0.05, 0) is 61.9 Å². The first-order valence-electron chi connectivity index (χ1n) is 7.70. The average molecular weight is 324 g/mol. The Labute approximate surface area is 126 Å². The van der Waals surface area contributed by atoms with Gasteiger partial charge in [-0.25, -0.2) is 0 Å². The van der Waals surface area contributed by atoms with E-state index < -0.39 is 0 Å². The fraction of sp³-hybridized carbons (Fsp3) is 0.647. The summed E-state index contributed by atoms with van der Waals surface area (Å²) in [5.41, 5.74) is 3.10. The van der Waals surface area contributed by atoms with Gasteiger partial charge in [-0.1, -0.05) is 48.8 Å². The molecule has 0 saturated heterocycles. The molecule has 0 bridgehead atoms. The fourth-order valence-electron chi connectivity index (χ4n) is 3.57. The normalized spacial score (nSPS) is 22.6. The van der Waals surface area contributed by atoms with Crippen LogP contribution in [0.4, 0.5) is 0 Å². The quantitative estimate of drug-likeness (QED) is 0.737. The topological polar surface area (TPSA) is 3.24 Å². The standard InChI is InChI=1S/C17H26BrN/c1-4-11-19(12-5-2)16-10-9-14-7-6-8-15(18)17(14)13(16)3/h6-8,13,16H,4-5,9-12H2,1-3H3/t13-,16-/m0/s1.